The van der Waals surface area contributed by atoms with Gasteiger partial charge in [-0.2, -0.15) is 0 Å². The number of hydrogen-bond donors (Lipinski definition) is 2. The molecule has 0 aliphatic rings. The molecule has 0 saturated heterocycles. The molecule has 74 valence electrons. The van der Waals surface area contributed by atoms with Gasteiger partial charge >= 0.3 is 0 Å². The van der Waals surface area contributed by atoms with Gasteiger partial charge in [0.05, 0.1) is 5.71 Å². The molecule has 0 aliphatic carbocycles. The van der Waals surface area contributed by atoms with Crippen molar-refractivity contribution in [1.82, 2.24) is 0 Å². The van der Waals surface area contributed by atoms with E-state index in [0.717, 1.165) is 6.42 Å². The molecule has 0 aliphatic heterocycles. The van der Waals surface area contributed by atoms with Crippen molar-refractivity contribution in [3.63, 3.8) is 0 Å². The van der Waals surface area contributed by atoms with Crippen LogP contribution < -0.4 is 5.73 Å². The second-order valence-corrected chi connectivity index (χ2v) is 3.15. The fourth-order valence-corrected chi connectivity index (χ4v) is 0.734. The fourth-order valence-electron chi connectivity index (χ4n) is 0.734. The van der Waals surface area contributed by atoms with Gasteiger partial charge in [0.25, 0.3) is 0 Å². The number of halogens is 1. The molecule has 0 unspecified atom stereocenters. The maximum Gasteiger partial charge on any atom is 0.144 e. The Kier molecular flexibility index (Phi) is 5.04. The number of rotatable bonds is 4. The third-order valence-corrected chi connectivity index (χ3v) is 1.86. The summed E-state index contributed by atoms with van der Waals surface area (Å²) in [7, 11) is 0. The molecule has 0 spiro atoms. The van der Waals surface area contributed by atoms with E-state index in [1.165, 1.54) is 12.2 Å². The minimum atomic E-state index is -0.501. The van der Waals surface area contributed by atoms with Crippen molar-refractivity contribution < 1.29 is 4.39 Å². The smallest absolute Gasteiger partial charge is 0.144 e. The van der Waals surface area contributed by atoms with Crippen molar-refractivity contribution in [2.45, 2.75) is 27.2 Å². The summed E-state index contributed by atoms with van der Waals surface area (Å²) in [4.78, 5) is 0. The Hall–Kier alpha value is -1.12. The molecule has 0 rings (SSSR count). The molecule has 2 nitrogen and oxygen atoms in total. The van der Waals surface area contributed by atoms with Crippen molar-refractivity contribution >= 4 is 5.71 Å². The van der Waals surface area contributed by atoms with Gasteiger partial charge in [0.1, 0.15) is 5.83 Å². The number of nitrogens with two attached hydrogens (primary N) is 1. The van der Waals surface area contributed by atoms with Crippen LogP contribution in [-0.4, -0.2) is 5.71 Å². The zero-order valence-corrected chi connectivity index (χ0v) is 8.39. The summed E-state index contributed by atoms with van der Waals surface area (Å²) >= 11 is 0. The molecule has 3 heteroatoms. The molecule has 0 aromatic rings. The van der Waals surface area contributed by atoms with Crippen LogP contribution >= 0.6 is 0 Å². The predicted molar refractivity (Wildman–Crippen MR) is 54.3 cm³/mol. The lowest BCUT2D eigenvalue weighted by atomic mass is 10.0. The summed E-state index contributed by atoms with van der Waals surface area (Å²) in [5.74, 6) is -0.540. The van der Waals surface area contributed by atoms with Crippen molar-refractivity contribution in [2.75, 3.05) is 0 Å². The summed E-state index contributed by atoms with van der Waals surface area (Å²) in [6.07, 6.45) is 3.47. The Labute approximate surface area is 78.8 Å². The standard InChI is InChI=1S/C10H17FN2/c1-4-7(2)10(13)9(11)6-5-8(3)12/h5-7,13H,4,12H2,1-3H3/b8-5+,9-6+,13-10?/t7-/m0/s1. The third kappa shape index (κ3) is 4.45. The molecule has 1 atom stereocenters. The van der Waals surface area contributed by atoms with E-state index in [9.17, 15) is 4.39 Å². The molecule has 0 aromatic carbocycles. The summed E-state index contributed by atoms with van der Waals surface area (Å²) in [6.45, 7) is 5.43. The van der Waals surface area contributed by atoms with Gasteiger partial charge in [-0.15, -0.1) is 0 Å². The van der Waals surface area contributed by atoms with Crippen LogP contribution in [0.1, 0.15) is 27.2 Å². The van der Waals surface area contributed by atoms with E-state index < -0.39 is 5.83 Å². The molecule has 0 radical (unpaired) electrons. The Balaban J connectivity index is 4.42. The summed E-state index contributed by atoms with van der Waals surface area (Å²) < 4.78 is 13.1. The molecule has 0 amide bonds. The van der Waals surface area contributed by atoms with Crippen LogP contribution in [-0.2, 0) is 0 Å². The third-order valence-electron chi connectivity index (χ3n) is 1.86. The number of hydrogen-bond acceptors (Lipinski definition) is 2. The van der Waals surface area contributed by atoms with E-state index >= 15 is 0 Å². The first-order valence-corrected chi connectivity index (χ1v) is 4.37. The van der Waals surface area contributed by atoms with Crippen LogP contribution in [0.5, 0.6) is 0 Å². The van der Waals surface area contributed by atoms with Crippen LogP contribution in [0.4, 0.5) is 4.39 Å². The van der Waals surface area contributed by atoms with E-state index in [4.69, 9.17) is 11.1 Å². The highest BCUT2D eigenvalue weighted by Gasteiger charge is 2.10. The number of allylic oxidation sites excluding steroid dienone is 4. The molecule has 13 heavy (non-hydrogen) atoms. The monoisotopic (exact) mass is 184 g/mol. The first-order chi connectivity index (χ1) is 5.99. The maximum absolute atomic E-state index is 13.1. The van der Waals surface area contributed by atoms with E-state index in [-0.39, 0.29) is 11.6 Å². The second-order valence-electron chi connectivity index (χ2n) is 3.15. The Morgan fingerprint density at radius 1 is 1.54 bits per heavy atom. The van der Waals surface area contributed by atoms with Crippen LogP contribution in [0.15, 0.2) is 23.7 Å². The van der Waals surface area contributed by atoms with Gasteiger partial charge in [-0.25, -0.2) is 4.39 Å². The molecular formula is C10H17FN2. The van der Waals surface area contributed by atoms with E-state index in [2.05, 4.69) is 0 Å². The van der Waals surface area contributed by atoms with Crippen LogP contribution in [0.3, 0.4) is 0 Å². The van der Waals surface area contributed by atoms with E-state index in [1.54, 1.807) is 6.92 Å². The van der Waals surface area contributed by atoms with E-state index in [1.807, 2.05) is 13.8 Å². The lowest BCUT2D eigenvalue weighted by Gasteiger charge is -2.07. The zero-order valence-electron chi connectivity index (χ0n) is 8.39. The quantitative estimate of drug-likeness (QED) is 0.512. The Morgan fingerprint density at radius 2 is 2.08 bits per heavy atom. The molecule has 0 saturated carbocycles. The van der Waals surface area contributed by atoms with Gasteiger partial charge in [0.15, 0.2) is 0 Å². The molecule has 0 bridgehead atoms. The van der Waals surface area contributed by atoms with Gasteiger partial charge in [-0.05, 0) is 25.5 Å². The Bertz CT molecular complexity index is 237. The van der Waals surface area contributed by atoms with Crippen molar-refractivity contribution in [3.05, 3.63) is 23.7 Å². The van der Waals surface area contributed by atoms with Crippen molar-refractivity contribution in [3.8, 4) is 0 Å². The normalized spacial score (nSPS) is 15.7. The van der Waals surface area contributed by atoms with Gasteiger partial charge in [-0.1, -0.05) is 13.8 Å². The highest BCUT2D eigenvalue weighted by Crippen LogP contribution is 2.11. The average molecular weight is 184 g/mol. The van der Waals surface area contributed by atoms with Gasteiger partial charge in [-0.3, -0.25) is 0 Å². The average Bonchev–Trinajstić information content (AvgIpc) is 2.11. The first kappa shape index (κ1) is 11.9. The maximum atomic E-state index is 13.1. The SMILES string of the molecule is CC[C@H](C)C(=N)/C(F)=C\C=C(/C)N. The van der Waals surface area contributed by atoms with Crippen LogP contribution in [0.25, 0.3) is 0 Å². The van der Waals surface area contributed by atoms with Crippen molar-refractivity contribution in [2.24, 2.45) is 11.7 Å². The molecule has 0 fully saturated rings. The van der Waals surface area contributed by atoms with Gasteiger partial charge in [0.2, 0.25) is 0 Å². The second kappa shape index (κ2) is 5.51. The highest BCUT2D eigenvalue weighted by atomic mass is 19.1. The van der Waals surface area contributed by atoms with Gasteiger partial charge < -0.3 is 11.1 Å². The number of nitrogens with one attached hydrogen (secondary N) is 1. The molecular weight excluding hydrogens is 167 g/mol. The van der Waals surface area contributed by atoms with Crippen LogP contribution in [0, 0.1) is 11.3 Å². The largest absolute Gasteiger partial charge is 0.402 e. The summed E-state index contributed by atoms with van der Waals surface area (Å²) in [5, 5.41) is 7.43. The van der Waals surface area contributed by atoms with Crippen molar-refractivity contribution in [1.29, 1.82) is 5.41 Å². The highest BCUT2D eigenvalue weighted by molar-refractivity contribution is 5.97. The molecule has 3 N–H and O–H groups in total. The van der Waals surface area contributed by atoms with Gasteiger partial charge in [0, 0.05) is 11.6 Å². The first-order valence-electron chi connectivity index (χ1n) is 4.37. The predicted octanol–water partition coefficient (Wildman–Crippen LogP) is 2.77. The summed E-state index contributed by atoms with van der Waals surface area (Å²) in [5.41, 5.74) is 5.90. The Morgan fingerprint density at radius 3 is 2.46 bits per heavy atom. The fraction of sp³-hybridized carbons (Fsp3) is 0.500. The lowest BCUT2D eigenvalue weighted by Crippen LogP contribution is -2.09. The molecule has 0 heterocycles. The minimum Gasteiger partial charge on any atom is -0.402 e. The van der Waals surface area contributed by atoms with Crippen LogP contribution in [0.2, 0.25) is 0 Å². The zero-order chi connectivity index (χ0) is 10.4. The molecule has 0 aromatic heterocycles. The topological polar surface area (TPSA) is 49.9 Å². The lowest BCUT2D eigenvalue weighted by molar-refractivity contribution is 0.643. The van der Waals surface area contributed by atoms with E-state index in [0.29, 0.717) is 5.70 Å². The summed E-state index contributed by atoms with van der Waals surface area (Å²) in [6, 6.07) is 0. The minimum absolute atomic E-state index is 0.0391.